The molecule has 2 amide bonds. The predicted octanol–water partition coefficient (Wildman–Crippen LogP) is 4.97. The number of fused-ring (bicyclic) bond motifs is 1. The summed E-state index contributed by atoms with van der Waals surface area (Å²) < 4.78 is 0. The van der Waals surface area contributed by atoms with Gasteiger partial charge in [-0.2, -0.15) is 0 Å². The Hall–Kier alpha value is -3.08. The van der Waals surface area contributed by atoms with E-state index in [0.29, 0.717) is 0 Å². The van der Waals surface area contributed by atoms with Crippen LogP contribution in [0.3, 0.4) is 0 Å². The minimum absolute atomic E-state index is 0.0691. The van der Waals surface area contributed by atoms with Crippen molar-refractivity contribution in [1.82, 2.24) is 4.90 Å². The molecular weight excluding hydrogens is 374 g/mol. The van der Waals surface area contributed by atoms with Crippen molar-refractivity contribution in [3.63, 3.8) is 0 Å². The fourth-order valence-corrected chi connectivity index (χ4v) is 4.39. The number of benzene rings is 2. The molecule has 1 atom stereocenters. The smallest absolute Gasteiger partial charge is 0.226 e. The van der Waals surface area contributed by atoms with E-state index in [1.165, 1.54) is 38.3 Å². The van der Waals surface area contributed by atoms with Gasteiger partial charge in [0.25, 0.3) is 0 Å². The van der Waals surface area contributed by atoms with E-state index in [4.69, 9.17) is 0 Å². The van der Waals surface area contributed by atoms with Crippen LogP contribution in [0.2, 0.25) is 0 Å². The molecule has 2 aliphatic rings. The van der Waals surface area contributed by atoms with E-state index >= 15 is 0 Å². The molecule has 1 N–H and O–H groups in total. The molecule has 0 unspecified atom stereocenters. The van der Waals surface area contributed by atoms with Crippen LogP contribution in [0.15, 0.2) is 54.7 Å². The number of carbonyl (C=O) groups excluding carboxylic acids is 2. The van der Waals surface area contributed by atoms with Crippen molar-refractivity contribution >= 4 is 29.3 Å². The van der Waals surface area contributed by atoms with E-state index in [0.717, 1.165) is 29.9 Å². The third kappa shape index (κ3) is 4.56. The van der Waals surface area contributed by atoms with Crippen molar-refractivity contribution in [1.29, 1.82) is 0 Å². The van der Waals surface area contributed by atoms with E-state index in [9.17, 15) is 9.59 Å². The number of nitrogens with zero attached hydrogens (tertiary/aromatic N) is 2. The highest BCUT2D eigenvalue weighted by Crippen LogP contribution is 2.33. The second-order valence-electron chi connectivity index (χ2n) is 8.09. The molecule has 1 saturated heterocycles. The normalized spacial score (nSPS) is 18.5. The third-order valence-corrected chi connectivity index (χ3v) is 5.97. The van der Waals surface area contributed by atoms with Crippen LogP contribution < -0.4 is 10.2 Å². The lowest BCUT2D eigenvalue weighted by Gasteiger charge is -2.32. The van der Waals surface area contributed by atoms with E-state index in [2.05, 4.69) is 22.3 Å². The lowest BCUT2D eigenvalue weighted by atomic mass is 9.93. The maximum absolute atomic E-state index is 12.8. The van der Waals surface area contributed by atoms with Crippen molar-refractivity contribution in [2.45, 2.75) is 45.1 Å². The Balaban J connectivity index is 1.43. The highest BCUT2D eigenvalue weighted by atomic mass is 16.2. The highest BCUT2D eigenvalue weighted by molar-refractivity contribution is 5.92. The van der Waals surface area contributed by atoms with Gasteiger partial charge in [0, 0.05) is 37.6 Å². The van der Waals surface area contributed by atoms with E-state index < -0.39 is 0 Å². The topological polar surface area (TPSA) is 52.7 Å². The van der Waals surface area contributed by atoms with Crippen molar-refractivity contribution in [3.05, 3.63) is 65.9 Å². The molecule has 1 fully saturated rings. The Labute approximate surface area is 178 Å². The maximum Gasteiger partial charge on any atom is 0.226 e. The van der Waals surface area contributed by atoms with E-state index in [1.54, 1.807) is 11.1 Å². The number of nitrogens with one attached hydrogen (secondary N) is 1. The van der Waals surface area contributed by atoms with Crippen LogP contribution in [0, 0.1) is 0 Å². The fourth-order valence-electron chi connectivity index (χ4n) is 4.39. The summed E-state index contributed by atoms with van der Waals surface area (Å²) in [7, 11) is 0. The first-order valence-electron chi connectivity index (χ1n) is 10.8. The van der Waals surface area contributed by atoms with Crippen LogP contribution in [0.4, 0.5) is 11.4 Å². The van der Waals surface area contributed by atoms with Gasteiger partial charge in [0.2, 0.25) is 11.8 Å². The minimum Gasteiger partial charge on any atom is -0.372 e. The summed E-state index contributed by atoms with van der Waals surface area (Å²) in [6, 6.07) is 15.7. The van der Waals surface area contributed by atoms with E-state index in [1.807, 2.05) is 42.5 Å². The van der Waals surface area contributed by atoms with Crippen molar-refractivity contribution in [3.8, 4) is 0 Å². The molecule has 0 saturated carbocycles. The average Bonchev–Trinajstić information content (AvgIpc) is 3.04. The van der Waals surface area contributed by atoms with Gasteiger partial charge in [-0.1, -0.05) is 37.1 Å². The standard InChI is InChI=1S/C25H29N3O2/c1-19(29)28-17-14-20-8-4-5-9-23(20)24(28)18-25(30)26-21-10-12-22(13-11-21)27-15-6-2-3-7-16-27/h4-5,8-14,17,24H,2-3,6-7,15-16,18H2,1H3,(H,26,30)/t24-/m1/s1. The maximum atomic E-state index is 12.8. The first kappa shape index (κ1) is 20.2. The summed E-state index contributed by atoms with van der Waals surface area (Å²) in [5.74, 6) is -0.167. The predicted molar refractivity (Wildman–Crippen MR) is 121 cm³/mol. The van der Waals surface area contributed by atoms with Gasteiger partial charge in [-0.25, -0.2) is 0 Å². The van der Waals surface area contributed by atoms with Crippen LogP contribution in [-0.4, -0.2) is 29.8 Å². The lowest BCUT2D eigenvalue weighted by molar-refractivity contribution is -0.129. The van der Waals surface area contributed by atoms with Crippen molar-refractivity contribution in [2.75, 3.05) is 23.3 Å². The number of anilines is 2. The molecule has 0 spiro atoms. The molecule has 30 heavy (non-hydrogen) atoms. The van der Waals surface area contributed by atoms with Gasteiger partial charge < -0.3 is 15.1 Å². The molecule has 2 heterocycles. The van der Waals surface area contributed by atoms with Crippen molar-refractivity contribution < 1.29 is 9.59 Å². The summed E-state index contributed by atoms with van der Waals surface area (Å²) in [4.78, 5) is 29.0. The molecule has 2 aromatic rings. The number of amides is 2. The van der Waals surface area contributed by atoms with Gasteiger partial charge in [-0.05, 0) is 54.3 Å². The van der Waals surface area contributed by atoms with Crippen LogP contribution >= 0.6 is 0 Å². The second kappa shape index (κ2) is 9.16. The van der Waals surface area contributed by atoms with Crippen LogP contribution in [0.25, 0.3) is 6.08 Å². The molecule has 2 aromatic carbocycles. The van der Waals surface area contributed by atoms with Crippen LogP contribution in [0.1, 0.15) is 56.2 Å². The average molecular weight is 404 g/mol. The Morgan fingerprint density at radius 3 is 2.37 bits per heavy atom. The Bertz CT molecular complexity index is 928. The Morgan fingerprint density at radius 2 is 1.67 bits per heavy atom. The zero-order valence-corrected chi connectivity index (χ0v) is 17.5. The monoisotopic (exact) mass is 403 g/mol. The van der Waals surface area contributed by atoms with Crippen LogP contribution in [-0.2, 0) is 9.59 Å². The molecule has 156 valence electrons. The van der Waals surface area contributed by atoms with Crippen molar-refractivity contribution in [2.24, 2.45) is 0 Å². The molecule has 5 heteroatoms. The molecule has 0 bridgehead atoms. The number of hydrogen-bond acceptors (Lipinski definition) is 3. The highest BCUT2D eigenvalue weighted by Gasteiger charge is 2.28. The largest absolute Gasteiger partial charge is 0.372 e. The Kier molecular flexibility index (Phi) is 6.17. The number of hydrogen-bond donors (Lipinski definition) is 1. The van der Waals surface area contributed by atoms with Crippen LogP contribution in [0.5, 0.6) is 0 Å². The zero-order chi connectivity index (χ0) is 20.9. The summed E-state index contributed by atoms with van der Waals surface area (Å²) >= 11 is 0. The van der Waals surface area contributed by atoms with Gasteiger partial charge in [0.05, 0.1) is 12.5 Å². The van der Waals surface area contributed by atoms with Gasteiger partial charge >= 0.3 is 0 Å². The van der Waals surface area contributed by atoms with Gasteiger partial charge in [0.1, 0.15) is 0 Å². The molecule has 0 aliphatic carbocycles. The quantitative estimate of drug-likeness (QED) is 0.784. The fraction of sp³-hybridized carbons (Fsp3) is 0.360. The summed E-state index contributed by atoms with van der Waals surface area (Å²) in [5.41, 5.74) is 4.05. The SMILES string of the molecule is CC(=O)N1C=Cc2ccccc2[C@H]1CC(=O)Nc1ccc(N2CCCCCC2)cc1. The first-order valence-corrected chi connectivity index (χ1v) is 10.8. The van der Waals surface area contributed by atoms with Gasteiger partial charge in [0.15, 0.2) is 0 Å². The molecule has 4 rings (SSSR count). The summed E-state index contributed by atoms with van der Waals surface area (Å²) in [5, 5.41) is 3.00. The zero-order valence-electron chi connectivity index (χ0n) is 17.5. The number of carbonyl (C=O) groups is 2. The van der Waals surface area contributed by atoms with Gasteiger partial charge in [-0.3, -0.25) is 9.59 Å². The molecule has 0 radical (unpaired) electrons. The first-order chi connectivity index (χ1) is 14.6. The lowest BCUT2D eigenvalue weighted by Crippen LogP contribution is -2.33. The molecule has 5 nitrogen and oxygen atoms in total. The minimum atomic E-state index is -0.292. The Morgan fingerprint density at radius 1 is 0.967 bits per heavy atom. The molecular formula is C25H29N3O2. The summed E-state index contributed by atoms with van der Waals surface area (Å²) in [6.45, 7) is 3.73. The summed E-state index contributed by atoms with van der Waals surface area (Å²) in [6.07, 6.45) is 9.01. The van der Waals surface area contributed by atoms with E-state index in [-0.39, 0.29) is 24.3 Å². The molecule has 0 aromatic heterocycles. The molecule has 2 aliphatic heterocycles. The second-order valence-corrected chi connectivity index (χ2v) is 8.09. The van der Waals surface area contributed by atoms with Gasteiger partial charge in [-0.15, -0.1) is 0 Å². The number of rotatable bonds is 4. The third-order valence-electron chi connectivity index (χ3n) is 5.97.